The van der Waals surface area contributed by atoms with Crippen LogP contribution in [-0.4, -0.2) is 24.2 Å². The predicted molar refractivity (Wildman–Crippen MR) is 89.2 cm³/mol. The van der Waals surface area contributed by atoms with Gasteiger partial charge in [0, 0.05) is 0 Å². The van der Waals surface area contributed by atoms with E-state index in [0.29, 0.717) is 6.42 Å². The van der Waals surface area contributed by atoms with E-state index in [4.69, 9.17) is 9.47 Å². The van der Waals surface area contributed by atoms with Crippen LogP contribution < -0.4 is 5.32 Å². The zero-order valence-electron chi connectivity index (χ0n) is 13.4. The van der Waals surface area contributed by atoms with E-state index >= 15 is 0 Å². The quantitative estimate of drug-likeness (QED) is 0.857. The molecule has 1 heterocycles. The number of carbonyl (C=O) groups excluding carboxylic acids is 2. The number of alkyl carbamates (subject to hydrolysis) is 1. The number of hydrogen-bond donors (Lipinski definition) is 1. The monoisotopic (exact) mass is 325 g/mol. The average Bonchev–Trinajstić information content (AvgIpc) is 2.63. The first-order valence-corrected chi connectivity index (χ1v) is 7.95. The van der Waals surface area contributed by atoms with Crippen molar-refractivity contribution < 1.29 is 19.1 Å². The van der Waals surface area contributed by atoms with Gasteiger partial charge in [-0.3, -0.25) is 0 Å². The minimum Gasteiger partial charge on any atom is -0.458 e. The van der Waals surface area contributed by atoms with Gasteiger partial charge in [-0.05, 0) is 23.1 Å². The minimum atomic E-state index is -0.609. The molecule has 1 aliphatic rings. The van der Waals surface area contributed by atoms with Crippen LogP contribution >= 0.6 is 0 Å². The molecule has 0 saturated carbocycles. The van der Waals surface area contributed by atoms with Crippen molar-refractivity contribution >= 4 is 12.1 Å². The molecule has 3 rings (SSSR count). The number of esters is 1. The van der Waals surface area contributed by atoms with Crippen LogP contribution in [0.15, 0.2) is 54.6 Å². The van der Waals surface area contributed by atoms with Crippen LogP contribution in [0.4, 0.5) is 4.79 Å². The summed E-state index contributed by atoms with van der Waals surface area (Å²) in [6.07, 6.45) is -0.199. The van der Waals surface area contributed by atoms with E-state index in [9.17, 15) is 9.59 Å². The van der Waals surface area contributed by atoms with E-state index in [1.807, 2.05) is 61.5 Å². The maximum Gasteiger partial charge on any atom is 0.408 e. The normalized spacial score (nSPS) is 19.1. The Morgan fingerprint density at radius 2 is 1.75 bits per heavy atom. The molecule has 5 heteroatoms. The van der Waals surface area contributed by atoms with Gasteiger partial charge < -0.3 is 14.8 Å². The Kier molecular flexibility index (Phi) is 4.79. The van der Waals surface area contributed by atoms with Gasteiger partial charge in [0.1, 0.15) is 12.7 Å². The molecule has 0 aliphatic carbocycles. The number of benzene rings is 2. The molecule has 0 bridgehead atoms. The van der Waals surface area contributed by atoms with Crippen LogP contribution in [0.25, 0.3) is 11.1 Å². The van der Waals surface area contributed by atoms with Crippen LogP contribution in [0.2, 0.25) is 0 Å². The van der Waals surface area contributed by atoms with E-state index in [-0.39, 0.29) is 12.7 Å². The molecule has 0 radical (unpaired) electrons. The first kappa shape index (κ1) is 16.1. The molecule has 0 unspecified atom stereocenters. The van der Waals surface area contributed by atoms with Gasteiger partial charge >= 0.3 is 12.1 Å². The van der Waals surface area contributed by atoms with Gasteiger partial charge in [0.05, 0.1) is 0 Å². The van der Waals surface area contributed by atoms with Crippen molar-refractivity contribution in [1.82, 2.24) is 5.32 Å². The molecule has 24 heavy (non-hydrogen) atoms. The Balaban J connectivity index is 1.51. The Hall–Kier alpha value is -2.82. The van der Waals surface area contributed by atoms with Crippen LogP contribution in [-0.2, 0) is 20.9 Å². The number of nitrogens with one attached hydrogen (secondary N) is 1. The van der Waals surface area contributed by atoms with Crippen molar-refractivity contribution in [3.63, 3.8) is 0 Å². The lowest BCUT2D eigenvalue weighted by Gasteiger charge is -2.34. The smallest absolute Gasteiger partial charge is 0.408 e. The fourth-order valence-electron chi connectivity index (χ4n) is 2.58. The summed E-state index contributed by atoms with van der Waals surface area (Å²) in [4.78, 5) is 23.1. The Morgan fingerprint density at radius 3 is 2.38 bits per heavy atom. The fourth-order valence-corrected chi connectivity index (χ4v) is 2.58. The highest BCUT2D eigenvalue weighted by Crippen LogP contribution is 2.20. The number of cyclic esters (lactones) is 1. The van der Waals surface area contributed by atoms with Gasteiger partial charge in [0.25, 0.3) is 0 Å². The second kappa shape index (κ2) is 7.17. The van der Waals surface area contributed by atoms with Gasteiger partial charge in [0.15, 0.2) is 6.04 Å². The van der Waals surface area contributed by atoms with Crippen LogP contribution in [0.3, 0.4) is 0 Å². The van der Waals surface area contributed by atoms with E-state index < -0.39 is 18.1 Å². The molecule has 1 fully saturated rings. The van der Waals surface area contributed by atoms with Crippen LogP contribution in [0.5, 0.6) is 0 Å². The molecule has 1 amide bonds. The molecule has 0 aromatic heterocycles. The zero-order valence-corrected chi connectivity index (χ0v) is 13.4. The number of rotatable bonds is 5. The lowest BCUT2D eigenvalue weighted by Crippen LogP contribution is -2.59. The number of carbonyl (C=O) groups is 2. The highest BCUT2D eigenvalue weighted by molar-refractivity contribution is 5.86. The maximum absolute atomic E-state index is 11.8. The average molecular weight is 325 g/mol. The second-order valence-electron chi connectivity index (χ2n) is 5.64. The molecule has 1 saturated heterocycles. The highest BCUT2D eigenvalue weighted by atomic mass is 16.6. The predicted octanol–water partition coefficient (Wildman–Crippen LogP) is 3.28. The summed E-state index contributed by atoms with van der Waals surface area (Å²) in [5.41, 5.74) is 3.12. The molecule has 1 N–H and O–H groups in total. The van der Waals surface area contributed by atoms with Crippen LogP contribution in [0.1, 0.15) is 18.9 Å². The molecule has 0 spiro atoms. The largest absolute Gasteiger partial charge is 0.458 e. The van der Waals surface area contributed by atoms with Gasteiger partial charge in [-0.15, -0.1) is 0 Å². The van der Waals surface area contributed by atoms with Crippen molar-refractivity contribution in [2.45, 2.75) is 32.1 Å². The topological polar surface area (TPSA) is 64.6 Å². The number of amides is 1. The Labute approximate surface area is 140 Å². The van der Waals surface area contributed by atoms with Crippen molar-refractivity contribution in [3.05, 3.63) is 60.2 Å². The summed E-state index contributed by atoms with van der Waals surface area (Å²) in [6, 6.07) is 17.3. The molecule has 124 valence electrons. The molecule has 1 aliphatic heterocycles. The van der Waals surface area contributed by atoms with E-state index in [0.717, 1.165) is 16.7 Å². The SMILES string of the molecule is CC[C@H]1OC(=O)[C@@H]1NC(=O)OCc1ccc(-c2ccccc2)cc1. The summed E-state index contributed by atoms with van der Waals surface area (Å²) in [6.45, 7) is 2.05. The van der Waals surface area contributed by atoms with E-state index in [1.165, 1.54) is 0 Å². The number of hydrogen-bond acceptors (Lipinski definition) is 4. The third kappa shape index (κ3) is 3.56. The van der Waals surface area contributed by atoms with Crippen molar-refractivity contribution in [2.24, 2.45) is 0 Å². The summed E-state index contributed by atoms with van der Waals surface area (Å²) in [5, 5.41) is 2.54. The lowest BCUT2D eigenvalue weighted by molar-refractivity contribution is -0.176. The lowest BCUT2D eigenvalue weighted by atomic mass is 10.0. The maximum atomic E-state index is 11.8. The first-order chi connectivity index (χ1) is 11.7. The van der Waals surface area contributed by atoms with E-state index in [2.05, 4.69) is 5.32 Å². The fraction of sp³-hybridized carbons (Fsp3) is 0.263. The zero-order chi connectivity index (χ0) is 16.9. The Morgan fingerprint density at radius 1 is 1.08 bits per heavy atom. The summed E-state index contributed by atoms with van der Waals surface area (Å²) < 4.78 is 10.1. The standard InChI is InChI=1S/C19H19NO4/c1-2-16-17(18(21)24-16)20-19(22)23-12-13-8-10-15(11-9-13)14-6-4-3-5-7-14/h3-11,16-17H,2,12H2,1H3,(H,20,22)/t16-,17-/m1/s1. The van der Waals surface area contributed by atoms with Crippen LogP contribution in [0, 0.1) is 0 Å². The van der Waals surface area contributed by atoms with Crippen molar-refractivity contribution in [1.29, 1.82) is 0 Å². The molecule has 2 aromatic carbocycles. The molecular weight excluding hydrogens is 306 g/mol. The molecular formula is C19H19NO4. The third-order valence-electron chi connectivity index (χ3n) is 4.00. The van der Waals surface area contributed by atoms with Crippen molar-refractivity contribution in [2.75, 3.05) is 0 Å². The summed E-state index contributed by atoms with van der Waals surface area (Å²) in [7, 11) is 0. The molecule has 5 nitrogen and oxygen atoms in total. The third-order valence-corrected chi connectivity index (χ3v) is 4.00. The summed E-state index contributed by atoms with van der Waals surface area (Å²) in [5.74, 6) is -0.411. The van der Waals surface area contributed by atoms with Gasteiger partial charge in [-0.25, -0.2) is 9.59 Å². The van der Waals surface area contributed by atoms with Gasteiger partial charge in [0.2, 0.25) is 0 Å². The van der Waals surface area contributed by atoms with E-state index in [1.54, 1.807) is 0 Å². The minimum absolute atomic E-state index is 0.152. The Bertz CT molecular complexity index is 712. The van der Waals surface area contributed by atoms with Gasteiger partial charge in [-0.2, -0.15) is 0 Å². The summed E-state index contributed by atoms with van der Waals surface area (Å²) >= 11 is 0. The molecule has 2 aromatic rings. The molecule has 2 atom stereocenters. The number of ether oxygens (including phenoxy) is 2. The van der Waals surface area contributed by atoms with Gasteiger partial charge in [-0.1, -0.05) is 61.5 Å². The van der Waals surface area contributed by atoms with Crippen molar-refractivity contribution in [3.8, 4) is 11.1 Å². The first-order valence-electron chi connectivity index (χ1n) is 7.95. The highest BCUT2D eigenvalue weighted by Gasteiger charge is 2.42. The second-order valence-corrected chi connectivity index (χ2v) is 5.64.